The number of carboxylic acids is 1. The van der Waals surface area contributed by atoms with Crippen LogP contribution in [0.1, 0.15) is 12.5 Å². The van der Waals surface area contributed by atoms with Crippen molar-refractivity contribution in [2.45, 2.75) is 13.3 Å². The maximum absolute atomic E-state index is 12.1. The lowest BCUT2D eigenvalue weighted by Gasteiger charge is -2.11. The quantitative estimate of drug-likeness (QED) is 0.840. The van der Waals surface area contributed by atoms with E-state index in [0.29, 0.717) is 0 Å². The number of hydrogen-bond donors (Lipinski definition) is 1. The second-order valence-electron chi connectivity index (χ2n) is 3.39. The summed E-state index contributed by atoms with van der Waals surface area (Å²) in [5, 5.41) is 8.47. The zero-order chi connectivity index (χ0) is 14.5. The molecule has 0 aromatic heterocycles. The Kier molecular flexibility index (Phi) is 4.80. The number of aliphatic carboxylic acids is 1. The van der Waals surface area contributed by atoms with Crippen molar-refractivity contribution >= 4 is 12.0 Å². The van der Waals surface area contributed by atoms with Gasteiger partial charge in [0.25, 0.3) is 0 Å². The molecule has 0 fully saturated rings. The van der Waals surface area contributed by atoms with Crippen LogP contribution in [0, 0.1) is 0 Å². The van der Waals surface area contributed by atoms with E-state index in [1.807, 2.05) is 0 Å². The zero-order valence-corrected chi connectivity index (χ0v) is 9.90. The highest BCUT2D eigenvalue weighted by atomic mass is 19.4. The molecule has 0 radical (unpaired) electrons. The van der Waals surface area contributed by atoms with Crippen LogP contribution in [0.3, 0.4) is 0 Å². The molecule has 19 heavy (non-hydrogen) atoms. The molecule has 7 heteroatoms. The number of rotatable bonds is 5. The maximum atomic E-state index is 12.1. The number of alkyl halides is 3. The number of carbonyl (C=O) groups is 1. The minimum absolute atomic E-state index is 0.161. The van der Waals surface area contributed by atoms with E-state index in [9.17, 15) is 18.0 Å². The Morgan fingerprint density at radius 3 is 2.47 bits per heavy atom. The first-order chi connectivity index (χ1) is 8.80. The summed E-state index contributed by atoms with van der Waals surface area (Å²) < 4.78 is 45.2. The molecule has 104 valence electrons. The molecule has 0 heterocycles. The molecule has 1 aromatic rings. The molecule has 1 aromatic carbocycles. The molecule has 0 aliphatic heterocycles. The molecule has 1 rings (SSSR count). The van der Waals surface area contributed by atoms with Gasteiger partial charge in [-0.2, -0.15) is 0 Å². The van der Waals surface area contributed by atoms with Crippen molar-refractivity contribution in [1.82, 2.24) is 0 Å². The maximum Gasteiger partial charge on any atom is 0.573 e. The lowest BCUT2D eigenvalue weighted by atomic mass is 10.2. The van der Waals surface area contributed by atoms with Crippen molar-refractivity contribution in [1.29, 1.82) is 0 Å². The molecule has 0 unspecified atom stereocenters. The number of benzene rings is 1. The van der Waals surface area contributed by atoms with Crippen LogP contribution < -0.4 is 9.47 Å². The Balaban J connectivity index is 3.06. The van der Waals surface area contributed by atoms with E-state index in [-0.39, 0.29) is 17.9 Å². The average molecular weight is 276 g/mol. The highest BCUT2D eigenvalue weighted by molar-refractivity contribution is 5.85. The number of hydrogen-bond acceptors (Lipinski definition) is 3. The standard InChI is InChI=1S/C12H11F3O4/c1-2-18-9-5-8(3-4-11(16)17)6-10(7-9)19-12(13,14)15/h3-7H,2H2,1H3,(H,16,17)/b4-3+. The first-order valence-corrected chi connectivity index (χ1v) is 5.25. The first-order valence-electron chi connectivity index (χ1n) is 5.25. The van der Waals surface area contributed by atoms with E-state index >= 15 is 0 Å². The van der Waals surface area contributed by atoms with E-state index in [0.717, 1.165) is 24.3 Å². The molecule has 4 nitrogen and oxygen atoms in total. The van der Waals surface area contributed by atoms with Crippen molar-refractivity contribution in [3.8, 4) is 11.5 Å². The highest BCUT2D eigenvalue weighted by Crippen LogP contribution is 2.28. The average Bonchev–Trinajstić information content (AvgIpc) is 2.24. The molecular formula is C12H11F3O4. The Labute approximate surface area is 107 Å². The summed E-state index contributed by atoms with van der Waals surface area (Å²) in [6.45, 7) is 1.93. The number of ether oxygens (including phenoxy) is 2. The lowest BCUT2D eigenvalue weighted by molar-refractivity contribution is -0.274. The van der Waals surface area contributed by atoms with Gasteiger partial charge in [-0.3, -0.25) is 0 Å². The predicted molar refractivity (Wildman–Crippen MR) is 61.0 cm³/mol. The van der Waals surface area contributed by atoms with Crippen LogP contribution >= 0.6 is 0 Å². The summed E-state index contributed by atoms with van der Waals surface area (Å²) >= 11 is 0. The molecular weight excluding hydrogens is 265 g/mol. The van der Waals surface area contributed by atoms with Gasteiger partial charge in [0.05, 0.1) is 6.61 Å². The third kappa shape index (κ3) is 5.80. The fraction of sp³-hybridized carbons (Fsp3) is 0.250. The third-order valence-corrected chi connectivity index (χ3v) is 1.87. The summed E-state index contributed by atoms with van der Waals surface area (Å²) in [5.41, 5.74) is 0.229. The van der Waals surface area contributed by atoms with E-state index in [2.05, 4.69) is 4.74 Å². The van der Waals surface area contributed by atoms with Crippen molar-refractivity contribution < 1.29 is 32.5 Å². The van der Waals surface area contributed by atoms with Gasteiger partial charge in [-0.25, -0.2) is 4.79 Å². The molecule has 0 aliphatic rings. The summed E-state index contributed by atoms with van der Waals surface area (Å²) in [5.74, 6) is -1.52. The normalized spacial score (nSPS) is 11.6. The Hall–Kier alpha value is -2.18. The van der Waals surface area contributed by atoms with Gasteiger partial charge in [0.2, 0.25) is 0 Å². The van der Waals surface area contributed by atoms with Gasteiger partial charge in [-0.15, -0.1) is 13.2 Å². The van der Waals surface area contributed by atoms with Gasteiger partial charge >= 0.3 is 12.3 Å². The van der Waals surface area contributed by atoms with Crippen molar-refractivity contribution in [2.24, 2.45) is 0 Å². The van der Waals surface area contributed by atoms with Crippen LogP contribution in [0.5, 0.6) is 11.5 Å². The first kappa shape index (κ1) is 14.9. The van der Waals surface area contributed by atoms with Gasteiger partial charge in [-0.05, 0) is 30.7 Å². The topological polar surface area (TPSA) is 55.8 Å². The van der Waals surface area contributed by atoms with Crippen LogP contribution in [-0.4, -0.2) is 24.0 Å². The summed E-state index contributed by atoms with van der Waals surface area (Å²) in [4.78, 5) is 10.4. The monoisotopic (exact) mass is 276 g/mol. The fourth-order valence-electron chi connectivity index (χ4n) is 1.30. The van der Waals surface area contributed by atoms with Gasteiger partial charge < -0.3 is 14.6 Å². The van der Waals surface area contributed by atoms with Crippen LogP contribution in [0.2, 0.25) is 0 Å². The molecule has 0 amide bonds. The van der Waals surface area contributed by atoms with E-state index in [1.54, 1.807) is 6.92 Å². The second kappa shape index (κ2) is 6.12. The van der Waals surface area contributed by atoms with Crippen LogP contribution in [0.25, 0.3) is 6.08 Å². The van der Waals surface area contributed by atoms with Gasteiger partial charge in [0, 0.05) is 12.1 Å². The highest BCUT2D eigenvalue weighted by Gasteiger charge is 2.31. The SMILES string of the molecule is CCOc1cc(/C=C/C(=O)O)cc(OC(F)(F)F)c1. The van der Waals surface area contributed by atoms with E-state index in [4.69, 9.17) is 9.84 Å². The Morgan fingerprint density at radius 1 is 1.32 bits per heavy atom. The van der Waals surface area contributed by atoms with Gasteiger partial charge in [0.15, 0.2) is 0 Å². The third-order valence-electron chi connectivity index (χ3n) is 1.87. The summed E-state index contributed by atoms with van der Waals surface area (Å²) in [6.07, 6.45) is -2.87. The summed E-state index contributed by atoms with van der Waals surface area (Å²) in [7, 11) is 0. The summed E-state index contributed by atoms with van der Waals surface area (Å²) in [6, 6.07) is 3.55. The Morgan fingerprint density at radius 2 is 1.95 bits per heavy atom. The van der Waals surface area contributed by atoms with Crippen LogP contribution in [0.15, 0.2) is 24.3 Å². The predicted octanol–water partition coefficient (Wildman–Crippen LogP) is 3.08. The molecule has 0 bridgehead atoms. The molecule has 0 saturated heterocycles. The van der Waals surface area contributed by atoms with Crippen molar-refractivity contribution in [3.63, 3.8) is 0 Å². The zero-order valence-electron chi connectivity index (χ0n) is 9.90. The smallest absolute Gasteiger partial charge is 0.494 e. The minimum atomic E-state index is -4.82. The van der Waals surface area contributed by atoms with Crippen molar-refractivity contribution in [2.75, 3.05) is 6.61 Å². The largest absolute Gasteiger partial charge is 0.573 e. The molecule has 0 saturated carbocycles. The number of carboxylic acid groups (broad SMARTS) is 1. The molecule has 0 aliphatic carbocycles. The Bertz CT molecular complexity index is 480. The number of halogens is 3. The van der Waals surface area contributed by atoms with Gasteiger partial charge in [0.1, 0.15) is 11.5 Å². The fourth-order valence-corrected chi connectivity index (χ4v) is 1.30. The molecule has 1 N–H and O–H groups in total. The molecule has 0 spiro atoms. The second-order valence-corrected chi connectivity index (χ2v) is 3.39. The minimum Gasteiger partial charge on any atom is -0.494 e. The van der Waals surface area contributed by atoms with Crippen LogP contribution in [0.4, 0.5) is 13.2 Å². The van der Waals surface area contributed by atoms with E-state index < -0.39 is 18.1 Å². The molecule has 0 atom stereocenters. The van der Waals surface area contributed by atoms with Crippen LogP contribution in [-0.2, 0) is 4.79 Å². The van der Waals surface area contributed by atoms with Crippen molar-refractivity contribution in [3.05, 3.63) is 29.8 Å². The van der Waals surface area contributed by atoms with Gasteiger partial charge in [-0.1, -0.05) is 0 Å². The lowest BCUT2D eigenvalue weighted by Crippen LogP contribution is -2.17. The van der Waals surface area contributed by atoms with E-state index in [1.165, 1.54) is 6.07 Å².